The first-order chi connectivity index (χ1) is 8.94. The first-order valence-electron chi connectivity index (χ1n) is 5.80. The SMILES string of the molecule is CC(C)(CO)CNc1ccc2scnc2c1[N+](=O)[O-]. The Morgan fingerprint density at radius 3 is 2.89 bits per heavy atom. The number of aromatic nitrogens is 1. The van der Waals surface area contributed by atoms with Crippen LogP contribution in [0, 0.1) is 15.5 Å². The average molecular weight is 281 g/mol. The van der Waals surface area contributed by atoms with E-state index in [2.05, 4.69) is 10.3 Å². The summed E-state index contributed by atoms with van der Waals surface area (Å²) in [5.74, 6) is 0. The van der Waals surface area contributed by atoms with E-state index in [1.165, 1.54) is 11.3 Å². The summed E-state index contributed by atoms with van der Waals surface area (Å²) in [7, 11) is 0. The zero-order valence-corrected chi connectivity index (χ0v) is 11.5. The van der Waals surface area contributed by atoms with Crippen molar-refractivity contribution in [3.8, 4) is 0 Å². The third-order valence-corrected chi connectivity index (χ3v) is 3.64. The van der Waals surface area contributed by atoms with E-state index in [4.69, 9.17) is 0 Å². The lowest BCUT2D eigenvalue weighted by Gasteiger charge is -2.22. The summed E-state index contributed by atoms with van der Waals surface area (Å²) in [6.45, 7) is 4.22. The molecule has 0 bridgehead atoms. The molecule has 0 aliphatic rings. The number of anilines is 1. The standard InChI is InChI=1S/C12H15N3O3S/c1-12(2,6-16)5-13-8-3-4-9-10(14-7-19-9)11(8)15(17)18/h3-4,7,13,16H,5-6H2,1-2H3. The van der Waals surface area contributed by atoms with Gasteiger partial charge in [-0.2, -0.15) is 0 Å². The van der Waals surface area contributed by atoms with Gasteiger partial charge in [-0.1, -0.05) is 13.8 Å². The predicted molar refractivity (Wildman–Crippen MR) is 75.6 cm³/mol. The van der Waals surface area contributed by atoms with Crippen molar-refractivity contribution in [2.24, 2.45) is 5.41 Å². The lowest BCUT2D eigenvalue weighted by atomic mass is 9.95. The van der Waals surface area contributed by atoms with Gasteiger partial charge in [-0.25, -0.2) is 4.98 Å². The van der Waals surface area contributed by atoms with Crippen LogP contribution in [0.2, 0.25) is 0 Å². The van der Waals surface area contributed by atoms with Crippen LogP contribution in [0.5, 0.6) is 0 Å². The van der Waals surface area contributed by atoms with E-state index in [1.807, 2.05) is 19.9 Å². The Balaban J connectivity index is 2.37. The van der Waals surface area contributed by atoms with Crippen LogP contribution in [-0.2, 0) is 0 Å². The van der Waals surface area contributed by atoms with E-state index in [1.54, 1.807) is 11.6 Å². The van der Waals surface area contributed by atoms with E-state index in [-0.39, 0.29) is 17.7 Å². The molecule has 0 saturated heterocycles. The maximum absolute atomic E-state index is 11.2. The van der Waals surface area contributed by atoms with Crippen LogP contribution in [0.1, 0.15) is 13.8 Å². The van der Waals surface area contributed by atoms with Gasteiger partial charge in [-0.05, 0) is 12.1 Å². The number of nitrogens with zero attached hydrogens (tertiary/aromatic N) is 2. The molecule has 0 atom stereocenters. The summed E-state index contributed by atoms with van der Waals surface area (Å²) < 4.78 is 0.790. The van der Waals surface area contributed by atoms with Gasteiger partial charge in [0.15, 0.2) is 5.52 Å². The van der Waals surface area contributed by atoms with Gasteiger partial charge in [0, 0.05) is 18.6 Å². The Bertz CT molecular complexity index is 609. The fourth-order valence-electron chi connectivity index (χ4n) is 1.63. The first kappa shape index (κ1) is 13.7. The molecule has 0 fully saturated rings. The lowest BCUT2D eigenvalue weighted by molar-refractivity contribution is -0.382. The summed E-state index contributed by atoms with van der Waals surface area (Å²) in [5.41, 5.74) is 2.09. The highest BCUT2D eigenvalue weighted by atomic mass is 32.1. The molecule has 1 heterocycles. The molecule has 0 aliphatic carbocycles. The van der Waals surface area contributed by atoms with Crippen LogP contribution in [0.4, 0.5) is 11.4 Å². The lowest BCUT2D eigenvalue weighted by Crippen LogP contribution is -2.27. The van der Waals surface area contributed by atoms with Crippen LogP contribution < -0.4 is 5.32 Å². The average Bonchev–Trinajstić information content (AvgIpc) is 2.83. The van der Waals surface area contributed by atoms with Crippen molar-refractivity contribution in [3.05, 3.63) is 27.8 Å². The number of rotatable bonds is 5. The van der Waals surface area contributed by atoms with Gasteiger partial charge < -0.3 is 10.4 Å². The predicted octanol–water partition coefficient (Wildman–Crippen LogP) is 2.63. The molecule has 0 amide bonds. The summed E-state index contributed by atoms with van der Waals surface area (Å²) in [4.78, 5) is 14.8. The van der Waals surface area contributed by atoms with E-state index in [9.17, 15) is 15.2 Å². The van der Waals surface area contributed by atoms with Gasteiger partial charge in [0.05, 0.1) is 15.1 Å². The molecule has 0 unspecified atom stereocenters. The number of nitro groups is 1. The van der Waals surface area contributed by atoms with Crippen molar-refractivity contribution in [1.29, 1.82) is 0 Å². The normalized spacial score (nSPS) is 11.7. The molecular formula is C12H15N3O3S. The highest BCUT2D eigenvalue weighted by molar-refractivity contribution is 7.16. The number of benzene rings is 1. The smallest absolute Gasteiger partial charge is 0.319 e. The minimum absolute atomic E-state index is 0.00669. The fourth-order valence-corrected chi connectivity index (χ4v) is 2.31. The van der Waals surface area contributed by atoms with Crippen LogP contribution in [0.15, 0.2) is 17.6 Å². The number of thiazole rings is 1. The molecule has 0 radical (unpaired) electrons. The highest BCUT2D eigenvalue weighted by Gasteiger charge is 2.23. The van der Waals surface area contributed by atoms with Gasteiger partial charge in [-0.3, -0.25) is 10.1 Å². The van der Waals surface area contributed by atoms with Crippen molar-refractivity contribution in [2.75, 3.05) is 18.5 Å². The number of nitro benzene ring substituents is 1. The van der Waals surface area contributed by atoms with Gasteiger partial charge in [-0.15, -0.1) is 11.3 Å². The van der Waals surface area contributed by atoms with Crippen LogP contribution in [-0.4, -0.2) is 28.2 Å². The number of aliphatic hydroxyl groups is 1. The summed E-state index contributed by atoms with van der Waals surface area (Å²) >= 11 is 1.37. The van der Waals surface area contributed by atoms with Crippen LogP contribution in [0.3, 0.4) is 0 Å². The molecule has 2 rings (SSSR count). The molecule has 2 aromatic rings. The molecular weight excluding hydrogens is 266 g/mol. The number of nitrogens with one attached hydrogen (secondary N) is 1. The number of hydrogen-bond acceptors (Lipinski definition) is 6. The van der Waals surface area contributed by atoms with Crippen molar-refractivity contribution in [3.63, 3.8) is 0 Å². The molecule has 7 heteroatoms. The molecule has 0 aliphatic heterocycles. The second-order valence-electron chi connectivity index (χ2n) is 5.09. The third-order valence-electron chi connectivity index (χ3n) is 2.84. The van der Waals surface area contributed by atoms with Gasteiger partial charge in [0.1, 0.15) is 5.69 Å². The highest BCUT2D eigenvalue weighted by Crippen LogP contribution is 2.34. The number of fused-ring (bicyclic) bond motifs is 1. The van der Waals surface area contributed by atoms with E-state index in [0.717, 1.165) is 4.70 Å². The van der Waals surface area contributed by atoms with Crippen molar-refractivity contribution in [2.45, 2.75) is 13.8 Å². The molecule has 19 heavy (non-hydrogen) atoms. The topological polar surface area (TPSA) is 88.3 Å². The Kier molecular flexibility index (Phi) is 3.68. The third kappa shape index (κ3) is 2.82. The monoisotopic (exact) mass is 281 g/mol. The summed E-state index contributed by atoms with van der Waals surface area (Å²) in [5, 5.41) is 23.4. The van der Waals surface area contributed by atoms with E-state index in [0.29, 0.717) is 17.7 Å². The van der Waals surface area contributed by atoms with Crippen molar-refractivity contribution in [1.82, 2.24) is 4.98 Å². The second-order valence-corrected chi connectivity index (χ2v) is 5.98. The second kappa shape index (κ2) is 5.10. The molecule has 6 nitrogen and oxygen atoms in total. The molecule has 102 valence electrons. The minimum atomic E-state index is -0.420. The van der Waals surface area contributed by atoms with Gasteiger partial charge in [0.2, 0.25) is 0 Å². The zero-order chi connectivity index (χ0) is 14.0. The quantitative estimate of drug-likeness (QED) is 0.649. The number of aliphatic hydroxyl groups excluding tert-OH is 1. The van der Waals surface area contributed by atoms with Gasteiger partial charge in [0.25, 0.3) is 0 Å². The van der Waals surface area contributed by atoms with Crippen LogP contribution in [0.25, 0.3) is 10.2 Å². The summed E-state index contributed by atoms with van der Waals surface area (Å²) in [6.07, 6.45) is 0. The largest absolute Gasteiger partial charge is 0.396 e. The first-order valence-corrected chi connectivity index (χ1v) is 6.68. The number of hydrogen-bond donors (Lipinski definition) is 2. The molecule has 0 saturated carbocycles. The molecule has 1 aromatic heterocycles. The zero-order valence-electron chi connectivity index (χ0n) is 10.7. The fraction of sp³-hybridized carbons (Fsp3) is 0.417. The Morgan fingerprint density at radius 1 is 1.53 bits per heavy atom. The molecule has 0 spiro atoms. The molecule has 2 N–H and O–H groups in total. The Morgan fingerprint density at radius 2 is 2.26 bits per heavy atom. The van der Waals surface area contributed by atoms with Crippen LogP contribution >= 0.6 is 11.3 Å². The van der Waals surface area contributed by atoms with E-state index >= 15 is 0 Å². The maximum atomic E-state index is 11.2. The Labute approximate surface area is 114 Å². The maximum Gasteiger partial charge on any atom is 0.319 e. The summed E-state index contributed by atoms with van der Waals surface area (Å²) in [6, 6.07) is 3.50. The Hall–Kier alpha value is -1.73. The van der Waals surface area contributed by atoms with Crippen molar-refractivity contribution < 1.29 is 10.0 Å². The van der Waals surface area contributed by atoms with Crippen molar-refractivity contribution >= 4 is 32.9 Å². The van der Waals surface area contributed by atoms with Gasteiger partial charge >= 0.3 is 5.69 Å². The van der Waals surface area contributed by atoms with E-state index < -0.39 is 4.92 Å². The molecule has 1 aromatic carbocycles. The minimum Gasteiger partial charge on any atom is -0.396 e.